The van der Waals surface area contributed by atoms with Crippen molar-refractivity contribution in [2.45, 2.75) is 19.6 Å². The molecule has 0 saturated heterocycles. The number of ether oxygens (including phenoxy) is 1. The minimum absolute atomic E-state index is 0.0791. The van der Waals surface area contributed by atoms with Gasteiger partial charge < -0.3 is 4.74 Å². The smallest absolute Gasteiger partial charge is 0.228 e. The maximum absolute atomic E-state index is 8.37. The lowest BCUT2D eigenvalue weighted by Gasteiger charge is -2.18. The Bertz CT molecular complexity index is 2740. The van der Waals surface area contributed by atoms with Gasteiger partial charge in [0.25, 0.3) is 0 Å². The maximum atomic E-state index is 8.37. The molecule has 0 amide bonds. The molecule has 0 atom stereocenters. The summed E-state index contributed by atoms with van der Waals surface area (Å²) < 4.78 is 5.55. The lowest BCUT2D eigenvalue weighted by Crippen LogP contribution is -2.36. The van der Waals surface area contributed by atoms with E-state index in [1.807, 2.05) is 50.0 Å². The molecule has 0 bridgehead atoms. The zero-order chi connectivity index (χ0) is 35.8. The van der Waals surface area contributed by atoms with E-state index >= 15 is 0 Å². The molecule has 8 rings (SSSR count). The van der Waals surface area contributed by atoms with Crippen LogP contribution in [0.2, 0.25) is 19.6 Å². The lowest BCUT2D eigenvalue weighted by atomic mass is 9.92. The van der Waals surface area contributed by atoms with E-state index in [1.54, 1.807) is 0 Å². The third-order valence-corrected chi connectivity index (χ3v) is 10.7. The summed E-state index contributed by atoms with van der Waals surface area (Å²) in [6.07, 6.45) is 9.57. The highest BCUT2D eigenvalue weighted by atomic mass is 28.3. The van der Waals surface area contributed by atoms with Crippen molar-refractivity contribution < 1.29 is 4.74 Å². The minimum Gasteiger partial charge on any atom is -0.430 e. The topological polar surface area (TPSA) is 82.7 Å². The first-order chi connectivity index (χ1) is 25.2. The molecule has 2 N–H and O–H groups in total. The number of nitrogens with one attached hydrogen (secondary N) is 2. The molecule has 1 aromatic heterocycles. The quantitative estimate of drug-likeness (QED) is 0.0759. The highest BCUT2D eigenvalue weighted by Gasteiger charge is 2.24. The zero-order valence-corrected chi connectivity index (χ0v) is 30.1. The van der Waals surface area contributed by atoms with E-state index in [0.29, 0.717) is 11.4 Å². The van der Waals surface area contributed by atoms with Crippen LogP contribution < -0.4 is 0 Å². The summed E-state index contributed by atoms with van der Waals surface area (Å²) in [5, 5.41) is 21.1. The second-order valence-electron chi connectivity index (χ2n) is 13.8. The van der Waals surface area contributed by atoms with Crippen molar-refractivity contribution in [3.63, 3.8) is 0 Å². The Morgan fingerprint density at radius 2 is 1.33 bits per heavy atom. The van der Waals surface area contributed by atoms with E-state index in [4.69, 9.17) is 25.5 Å². The van der Waals surface area contributed by atoms with Gasteiger partial charge in [-0.25, -0.2) is 9.97 Å². The standard InChI is InChI=1S/C46H34N4OSi/c1-52(2,3)46(48)51-44(47)32-24-22-31(23-25-32)36-20-11-16-34-28-35(26-27-39(34)36)38-18-8-9-19-40(38)42-29-43(50-45(49-42)33-13-4-5-14-33)41-21-10-15-30-12-6-7-17-37(30)41/h4,6-22,24,26-29,47-48H,1-3H3. The van der Waals surface area contributed by atoms with Gasteiger partial charge in [-0.1, -0.05) is 128 Å². The van der Waals surface area contributed by atoms with Crippen molar-refractivity contribution >= 4 is 52.2 Å². The molecule has 52 heavy (non-hydrogen) atoms. The number of benzene rings is 5. The second kappa shape index (κ2) is 13.2. The van der Waals surface area contributed by atoms with Crippen molar-refractivity contribution in [3.8, 4) is 33.6 Å². The van der Waals surface area contributed by atoms with E-state index in [-0.39, 0.29) is 11.4 Å². The van der Waals surface area contributed by atoms with E-state index in [2.05, 4.69) is 126 Å². The molecule has 0 unspecified atom stereocenters. The number of hydrogen-bond acceptors (Lipinski definition) is 5. The second-order valence-corrected chi connectivity index (χ2v) is 18.8. The Morgan fingerprint density at radius 1 is 0.654 bits per heavy atom. The normalized spacial score (nSPS) is 13.3. The molecule has 1 heterocycles. The lowest BCUT2D eigenvalue weighted by molar-refractivity contribution is 0.546. The van der Waals surface area contributed by atoms with Crippen LogP contribution in [0.4, 0.5) is 0 Å². The molecule has 2 aliphatic rings. The molecule has 6 heteroatoms. The molecule has 0 radical (unpaired) electrons. The molecule has 0 aliphatic heterocycles. The number of allylic oxidation sites excluding steroid dienone is 5. The summed E-state index contributed by atoms with van der Waals surface area (Å²) in [6, 6.07) is 38.1. The Labute approximate surface area is 303 Å². The van der Waals surface area contributed by atoms with Gasteiger partial charge in [-0.05, 0) is 80.7 Å². The number of aromatic nitrogens is 2. The summed E-state index contributed by atoms with van der Waals surface area (Å²) in [7, 11) is -1.95. The van der Waals surface area contributed by atoms with Gasteiger partial charge in [0.15, 0.2) is 11.3 Å². The first kappa shape index (κ1) is 32.6. The fourth-order valence-electron chi connectivity index (χ4n) is 6.39. The van der Waals surface area contributed by atoms with Crippen LogP contribution in [0.15, 0.2) is 162 Å². The molecule has 5 nitrogen and oxygen atoms in total. The van der Waals surface area contributed by atoms with Crippen molar-refractivity contribution in [3.05, 3.63) is 174 Å². The maximum Gasteiger partial charge on any atom is 0.228 e. The molecular weight excluding hydrogens is 653 g/mol. The van der Waals surface area contributed by atoms with Gasteiger partial charge in [-0.3, -0.25) is 10.8 Å². The number of hydrogen-bond donors (Lipinski definition) is 2. The SMILES string of the molecule is C[Si](C)(C)C(=N)OC(=N)C1=C=C=C(c2cccc3cc(-c4ccccc4-c4cc(-c5cccc6ccccc56)nc(C5=CC=C=C5)n4)ccc23)C=C1. The van der Waals surface area contributed by atoms with Gasteiger partial charge >= 0.3 is 0 Å². The van der Waals surface area contributed by atoms with Crippen LogP contribution in [0.5, 0.6) is 0 Å². The van der Waals surface area contributed by atoms with Crippen LogP contribution in [0.3, 0.4) is 0 Å². The van der Waals surface area contributed by atoms with Gasteiger partial charge in [0, 0.05) is 22.3 Å². The van der Waals surface area contributed by atoms with Crippen LogP contribution in [0, 0.1) is 10.8 Å². The van der Waals surface area contributed by atoms with Crippen LogP contribution in [0.1, 0.15) is 11.4 Å². The van der Waals surface area contributed by atoms with Crippen molar-refractivity contribution in [2.75, 3.05) is 0 Å². The summed E-state index contributed by atoms with van der Waals surface area (Å²) in [5.74, 6) is 0.583. The Kier molecular flexibility index (Phi) is 8.29. The molecule has 6 aromatic rings. The number of fused-ring (bicyclic) bond motifs is 2. The van der Waals surface area contributed by atoms with Crippen LogP contribution in [0.25, 0.3) is 66.3 Å². The predicted molar refractivity (Wildman–Crippen MR) is 217 cm³/mol. The van der Waals surface area contributed by atoms with Gasteiger partial charge in [-0.2, -0.15) is 0 Å². The molecular formula is C46H34N4OSi. The summed E-state index contributed by atoms with van der Waals surface area (Å²) in [5.41, 5.74) is 18.9. The van der Waals surface area contributed by atoms with Crippen molar-refractivity contribution in [2.24, 2.45) is 0 Å². The largest absolute Gasteiger partial charge is 0.430 e. The highest BCUT2D eigenvalue weighted by molar-refractivity contribution is 7.03. The molecule has 248 valence electrons. The van der Waals surface area contributed by atoms with E-state index < -0.39 is 8.07 Å². The molecule has 0 saturated carbocycles. The van der Waals surface area contributed by atoms with E-state index in [9.17, 15) is 0 Å². The van der Waals surface area contributed by atoms with Gasteiger partial charge in [-0.15, -0.1) is 5.73 Å². The fraction of sp³-hybridized carbons (Fsp3) is 0.0652. The summed E-state index contributed by atoms with van der Waals surface area (Å²) in [6.45, 7) is 6.06. The van der Waals surface area contributed by atoms with E-state index in [1.165, 1.54) is 0 Å². The molecule has 5 aromatic carbocycles. The Morgan fingerprint density at radius 3 is 2.08 bits per heavy atom. The van der Waals surface area contributed by atoms with Crippen LogP contribution >= 0.6 is 0 Å². The van der Waals surface area contributed by atoms with Gasteiger partial charge in [0.05, 0.1) is 17.0 Å². The third kappa shape index (κ3) is 6.27. The van der Waals surface area contributed by atoms with Crippen molar-refractivity contribution in [1.82, 2.24) is 9.97 Å². The predicted octanol–water partition coefficient (Wildman–Crippen LogP) is 11.4. The zero-order valence-electron chi connectivity index (χ0n) is 29.1. The first-order valence-corrected chi connectivity index (χ1v) is 20.7. The summed E-state index contributed by atoms with van der Waals surface area (Å²) >= 11 is 0. The summed E-state index contributed by atoms with van der Waals surface area (Å²) in [4.78, 5) is 10.2. The highest BCUT2D eigenvalue weighted by Crippen LogP contribution is 2.37. The number of rotatable bonds is 7. The van der Waals surface area contributed by atoms with Crippen LogP contribution in [-0.4, -0.2) is 29.5 Å². The third-order valence-electron chi connectivity index (χ3n) is 9.21. The molecule has 0 fully saturated rings. The molecule has 2 aliphatic carbocycles. The Hall–Kier alpha value is -6.64. The average Bonchev–Trinajstić information content (AvgIpc) is 3.72. The number of nitrogens with zero attached hydrogens (tertiary/aromatic N) is 2. The fourth-order valence-corrected chi connectivity index (χ4v) is 6.80. The van der Waals surface area contributed by atoms with E-state index in [0.717, 1.165) is 71.9 Å². The molecule has 0 spiro atoms. The van der Waals surface area contributed by atoms with Gasteiger partial charge in [0.1, 0.15) is 8.07 Å². The van der Waals surface area contributed by atoms with Crippen LogP contribution in [-0.2, 0) is 4.74 Å². The average molecular weight is 687 g/mol. The van der Waals surface area contributed by atoms with Gasteiger partial charge in [0.2, 0.25) is 5.90 Å². The Balaban J connectivity index is 1.20. The van der Waals surface area contributed by atoms with Crippen molar-refractivity contribution in [1.29, 1.82) is 10.8 Å². The monoisotopic (exact) mass is 686 g/mol. The first-order valence-electron chi connectivity index (χ1n) is 17.2. The minimum atomic E-state index is -1.95.